The number of rotatable bonds is 8. The standard InChI is InChI=1S/C21H38N4O3.HI/c1-22-21(23-11-6-13-27-16-19-9-5-14-28-19)24-18-10-12-25(15-18)20(26)17-7-3-2-4-8-17;/h17-19H,2-16H2,1H3,(H2,22,23,24);1H. The number of aliphatic imine (C=N–C) groups is 1. The number of halogens is 1. The zero-order chi connectivity index (χ0) is 19.6. The Morgan fingerprint density at radius 3 is 2.72 bits per heavy atom. The summed E-state index contributed by atoms with van der Waals surface area (Å²) >= 11 is 0. The molecule has 3 fully saturated rings. The summed E-state index contributed by atoms with van der Waals surface area (Å²) in [6.45, 7) is 4.80. The fraction of sp³-hybridized carbons (Fsp3) is 0.905. The SMILES string of the molecule is CN=C(NCCCOCC1CCCO1)NC1CCN(C(=O)C2CCCCC2)C1.I. The number of hydrogen-bond donors (Lipinski definition) is 2. The van der Waals surface area contributed by atoms with Crippen molar-refractivity contribution in [3.05, 3.63) is 0 Å². The Morgan fingerprint density at radius 2 is 2.00 bits per heavy atom. The van der Waals surface area contributed by atoms with Crippen molar-refractivity contribution in [3.63, 3.8) is 0 Å². The number of nitrogens with zero attached hydrogens (tertiary/aromatic N) is 2. The van der Waals surface area contributed by atoms with Crippen LogP contribution in [0.15, 0.2) is 4.99 Å². The van der Waals surface area contributed by atoms with E-state index in [1.165, 1.54) is 19.3 Å². The van der Waals surface area contributed by atoms with Gasteiger partial charge in [-0.05, 0) is 38.5 Å². The average molecular weight is 522 g/mol. The van der Waals surface area contributed by atoms with Gasteiger partial charge in [0.15, 0.2) is 5.96 Å². The van der Waals surface area contributed by atoms with Gasteiger partial charge in [-0.3, -0.25) is 9.79 Å². The van der Waals surface area contributed by atoms with Gasteiger partial charge in [0.1, 0.15) is 0 Å². The third-order valence-electron chi connectivity index (χ3n) is 6.10. The third kappa shape index (κ3) is 8.20. The van der Waals surface area contributed by atoms with Gasteiger partial charge in [-0.25, -0.2) is 0 Å². The van der Waals surface area contributed by atoms with E-state index < -0.39 is 0 Å². The van der Waals surface area contributed by atoms with E-state index in [4.69, 9.17) is 9.47 Å². The van der Waals surface area contributed by atoms with Crippen LogP contribution in [0.5, 0.6) is 0 Å². The van der Waals surface area contributed by atoms with E-state index in [-0.39, 0.29) is 35.9 Å². The fourth-order valence-corrected chi connectivity index (χ4v) is 4.45. The van der Waals surface area contributed by atoms with Crippen molar-refractivity contribution < 1.29 is 14.3 Å². The van der Waals surface area contributed by atoms with Crippen LogP contribution in [-0.4, -0.2) is 75.4 Å². The second-order valence-electron chi connectivity index (χ2n) is 8.31. The summed E-state index contributed by atoms with van der Waals surface area (Å²) in [4.78, 5) is 19.1. The highest BCUT2D eigenvalue weighted by Crippen LogP contribution is 2.26. The third-order valence-corrected chi connectivity index (χ3v) is 6.10. The number of amides is 1. The molecule has 1 saturated carbocycles. The summed E-state index contributed by atoms with van der Waals surface area (Å²) in [7, 11) is 1.79. The van der Waals surface area contributed by atoms with Gasteiger partial charge in [0.2, 0.25) is 5.91 Å². The summed E-state index contributed by atoms with van der Waals surface area (Å²) in [5, 5.41) is 6.83. The van der Waals surface area contributed by atoms with Crippen LogP contribution in [0.2, 0.25) is 0 Å². The molecule has 3 aliphatic rings. The highest BCUT2D eigenvalue weighted by molar-refractivity contribution is 14.0. The molecule has 1 aliphatic carbocycles. The molecule has 3 rings (SSSR count). The van der Waals surface area contributed by atoms with Crippen LogP contribution < -0.4 is 10.6 Å². The lowest BCUT2D eigenvalue weighted by molar-refractivity contribution is -0.135. The first-order valence-corrected chi connectivity index (χ1v) is 11.2. The molecule has 29 heavy (non-hydrogen) atoms. The lowest BCUT2D eigenvalue weighted by Gasteiger charge is -2.26. The van der Waals surface area contributed by atoms with E-state index in [0.717, 1.165) is 77.3 Å². The number of likely N-dealkylation sites (tertiary alicyclic amines) is 1. The Morgan fingerprint density at radius 1 is 1.17 bits per heavy atom. The summed E-state index contributed by atoms with van der Waals surface area (Å²) in [5.41, 5.74) is 0. The Hall–Kier alpha value is -0.610. The molecule has 2 N–H and O–H groups in total. The molecule has 2 heterocycles. The van der Waals surface area contributed by atoms with E-state index in [1.807, 2.05) is 0 Å². The number of ether oxygens (including phenoxy) is 2. The zero-order valence-electron chi connectivity index (χ0n) is 17.9. The molecule has 0 radical (unpaired) electrons. The van der Waals surface area contributed by atoms with Crippen molar-refractivity contribution in [2.45, 2.75) is 69.9 Å². The van der Waals surface area contributed by atoms with Crippen molar-refractivity contribution in [2.75, 3.05) is 46.5 Å². The second-order valence-corrected chi connectivity index (χ2v) is 8.31. The number of carbonyl (C=O) groups excluding carboxylic acids is 1. The number of hydrogen-bond acceptors (Lipinski definition) is 4. The molecule has 2 atom stereocenters. The van der Waals surface area contributed by atoms with E-state index in [1.54, 1.807) is 7.05 Å². The predicted octanol–water partition coefficient (Wildman–Crippen LogP) is 2.54. The van der Waals surface area contributed by atoms with Crippen molar-refractivity contribution >= 4 is 35.8 Å². The minimum Gasteiger partial charge on any atom is -0.379 e. The van der Waals surface area contributed by atoms with Crippen molar-refractivity contribution in [2.24, 2.45) is 10.9 Å². The average Bonchev–Trinajstić information content (AvgIpc) is 3.42. The molecule has 2 saturated heterocycles. The van der Waals surface area contributed by atoms with Gasteiger partial charge in [-0.2, -0.15) is 0 Å². The van der Waals surface area contributed by atoms with E-state index in [2.05, 4.69) is 20.5 Å². The van der Waals surface area contributed by atoms with Gasteiger partial charge in [-0.15, -0.1) is 24.0 Å². The summed E-state index contributed by atoms with van der Waals surface area (Å²) < 4.78 is 11.3. The molecule has 0 spiro atoms. The highest BCUT2D eigenvalue weighted by Gasteiger charge is 2.31. The van der Waals surface area contributed by atoms with Gasteiger partial charge in [0, 0.05) is 51.9 Å². The van der Waals surface area contributed by atoms with Gasteiger partial charge in [0.25, 0.3) is 0 Å². The van der Waals surface area contributed by atoms with E-state index in [0.29, 0.717) is 18.6 Å². The first-order chi connectivity index (χ1) is 13.8. The van der Waals surface area contributed by atoms with Gasteiger partial charge < -0.3 is 25.0 Å². The van der Waals surface area contributed by atoms with E-state index >= 15 is 0 Å². The lowest BCUT2D eigenvalue weighted by atomic mass is 9.88. The van der Waals surface area contributed by atoms with Crippen LogP contribution in [0.1, 0.15) is 57.8 Å². The smallest absolute Gasteiger partial charge is 0.225 e. The molecule has 2 unspecified atom stereocenters. The lowest BCUT2D eigenvalue weighted by Crippen LogP contribution is -2.45. The van der Waals surface area contributed by atoms with E-state index in [9.17, 15) is 4.79 Å². The highest BCUT2D eigenvalue weighted by atomic mass is 127. The topological polar surface area (TPSA) is 75.2 Å². The van der Waals surface area contributed by atoms with Crippen LogP contribution >= 0.6 is 24.0 Å². The fourth-order valence-electron chi connectivity index (χ4n) is 4.45. The normalized spacial score (nSPS) is 25.7. The van der Waals surface area contributed by atoms with Gasteiger partial charge in [-0.1, -0.05) is 19.3 Å². The number of guanidine groups is 1. The minimum absolute atomic E-state index is 0. The Kier molecular flexibility index (Phi) is 11.6. The molecule has 0 aromatic rings. The quantitative estimate of drug-likeness (QED) is 0.222. The molecular weight excluding hydrogens is 483 g/mol. The molecule has 7 nitrogen and oxygen atoms in total. The largest absolute Gasteiger partial charge is 0.379 e. The zero-order valence-corrected chi connectivity index (χ0v) is 20.2. The molecule has 0 aromatic heterocycles. The first kappa shape index (κ1) is 24.7. The maximum Gasteiger partial charge on any atom is 0.225 e. The molecule has 0 aromatic carbocycles. The second kappa shape index (κ2) is 13.6. The van der Waals surface area contributed by atoms with Crippen LogP contribution in [0.4, 0.5) is 0 Å². The molecule has 168 valence electrons. The molecule has 8 heteroatoms. The Balaban J connectivity index is 0.00000300. The minimum atomic E-state index is 0. The van der Waals surface area contributed by atoms with Crippen molar-refractivity contribution in [1.29, 1.82) is 0 Å². The Labute approximate surface area is 192 Å². The van der Waals surface area contributed by atoms with Crippen LogP contribution in [-0.2, 0) is 14.3 Å². The summed E-state index contributed by atoms with van der Waals surface area (Å²) in [6.07, 6.45) is 10.4. The summed E-state index contributed by atoms with van der Waals surface area (Å²) in [6, 6.07) is 0.287. The van der Waals surface area contributed by atoms with Gasteiger partial charge >= 0.3 is 0 Å². The molecule has 1 amide bonds. The number of nitrogens with one attached hydrogen (secondary N) is 2. The summed E-state index contributed by atoms with van der Waals surface area (Å²) in [5.74, 6) is 1.45. The molecule has 2 aliphatic heterocycles. The maximum absolute atomic E-state index is 12.7. The van der Waals surface area contributed by atoms with Crippen LogP contribution in [0.25, 0.3) is 0 Å². The molecular formula is C21H39IN4O3. The van der Waals surface area contributed by atoms with Crippen molar-refractivity contribution in [1.82, 2.24) is 15.5 Å². The van der Waals surface area contributed by atoms with Crippen molar-refractivity contribution in [3.8, 4) is 0 Å². The first-order valence-electron chi connectivity index (χ1n) is 11.2. The maximum atomic E-state index is 12.7. The predicted molar refractivity (Wildman–Crippen MR) is 126 cm³/mol. The van der Waals surface area contributed by atoms with Crippen LogP contribution in [0, 0.1) is 5.92 Å². The van der Waals surface area contributed by atoms with Gasteiger partial charge in [0.05, 0.1) is 12.7 Å². The monoisotopic (exact) mass is 522 g/mol. The molecule has 0 bridgehead atoms. The number of carbonyl (C=O) groups is 1. The Bertz CT molecular complexity index is 508. The van der Waals surface area contributed by atoms with Crippen LogP contribution in [0.3, 0.4) is 0 Å².